The molecule has 0 heterocycles. The van der Waals surface area contributed by atoms with Crippen molar-refractivity contribution in [3.05, 3.63) is 0 Å². The van der Waals surface area contributed by atoms with E-state index in [4.69, 9.17) is 11.5 Å². The number of rotatable bonds is 15. The summed E-state index contributed by atoms with van der Waals surface area (Å²) < 4.78 is 0. The Morgan fingerprint density at radius 3 is 2.00 bits per heavy atom. The standard InChI is InChI=1S/C16H37N3/c1-2-3-4-5-6-7-8-9-10-14-19-15-16(18)12-11-13-17/h16,19H,2-15,17-18H2,1H3. The Balaban J connectivity index is 3.02. The number of hydrogen-bond donors (Lipinski definition) is 3. The Labute approximate surface area is 120 Å². The van der Waals surface area contributed by atoms with Crippen LogP contribution in [0.2, 0.25) is 0 Å². The van der Waals surface area contributed by atoms with E-state index in [1.54, 1.807) is 0 Å². The minimum Gasteiger partial charge on any atom is -0.330 e. The van der Waals surface area contributed by atoms with E-state index < -0.39 is 0 Å². The SMILES string of the molecule is CCCCCCCCCCCNCC(N)CCCN. The first-order valence-electron chi connectivity index (χ1n) is 8.47. The first-order chi connectivity index (χ1) is 9.31. The van der Waals surface area contributed by atoms with Crippen molar-refractivity contribution in [2.75, 3.05) is 19.6 Å². The molecule has 0 bridgehead atoms. The first-order valence-corrected chi connectivity index (χ1v) is 8.47. The van der Waals surface area contributed by atoms with Gasteiger partial charge in [0.1, 0.15) is 0 Å². The lowest BCUT2D eigenvalue weighted by molar-refractivity contribution is 0.508. The second-order valence-electron chi connectivity index (χ2n) is 5.72. The summed E-state index contributed by atoms with van der Waals surface area (Å²) in [6, 6.07) is 0.280. The zero-order chi connectivity index (χ0) is 14.2. The smallest absolute Gasteiger partial charge is 0.0165 e. The average molecular weight is 271 g/mol. The van der Waals surface area contributed by atoms with Crippen LogP contribution < -0.4 is 16.8 Å². The highest BCUT2D eigenvalue weighted by atomic mass is 14.9. The van der Waals surface area contributed by atoms with Crippen molar-refractivity contribution in [1.29, 1.82) is 0 Å². The third-order valence-corrected chi connectivity index (χ3v) is 3.64. The molecule has 3 nitrogen and oxygen atoms in total. The third kappa shape index (κ3) is 15.8. The molecular weight excluding hydrogens is 234 g/mol. The summed E-state index contributed by atoms with van der Waals surface area (Å²) >= 11 is 0. The van der Waals surface area contributed by atoms with Gasteiger partial charge in [-0.05, 0) is 32.4 Å². The van der Waals surface area contributed by atoms with E-state index in [9.17, 15) is 0 Å². The Bertz CT molecular complexity index is 162. The summed E-state index contributed by atoms with van der Waals surface area (Å²) in [5.74, 6) is 0. The zero-order valence-electron chi connectivity index (χ0n) is 13.1. The molecule has 0 rings (SSSR count). The molecule has 0 aromatic carbocycles. The Morgan fingerprint density at radius 2 is 1.42 bits per heavy atom. The van der Waals surface area contributed by atoms with Gasteiger partial charge in [-0.1, -0.05) is 58.3 Å². The second kappa shape index (κ2) is 15.9. The summed E-state index contributed by atoms with van der Waals surface area (Å²) in [6.45, 7) is 5.09. The van der Waals surface area contributed by atoms with Gasteiger partial charge in [-0.15, -0.1) is 0 Å². The molecule has 0 saturated carbocycles. The molecule has 0 aliphatic rings. The molecule has 0 saturated heterocycles. The molecule has 0 aliphatic carbocycles. The average Bonchev–Trinajstić information content (AvgIpc) is 2.42. The van der Waals surface area contributed by atoms with Crippen molar-refractivity contribution >= 4 is 0 Å². The van der Waals surface area contributed by atoms with Crippen molar-refractivity contribution in [2.45, 2.75) is 83.6 Å². The van der Waals surface area contributed by atoms with Gasteiger partial charge in [0.15, 0.2) is 0 Å². The lowest BCUT2D eigenvalue weighted by Gasteiger charge is -2.11. The van der Waals surface area contributed by atoms with E-state index in [-0.39, 0.29) is 6.04 Å². The maximum Gasteiger partial charge on any atom is 0.0165 e. The van der Waals surface area contributed by atoms with E-state index in [2.05, 4.69) is 12.2 Å². The van der Waals surface area contributed by atoms with Crippen LogP contribution in [0.1, 0.15) is 77.6 Å². The summed E-state index contributed by atoms with van der Waals surface area (Å²) in [4.78, 5) is 0. The molecule has 1 atom stereocenters. The van der Waals surface area contributed by atoms with Crippen LogP contribution in [-0.2, 0) is 0 Å². The fraction of sp³-hybridized carbons (Fsp3) is 1.00. The van der Waals surface area contributed by atoms with Gasteiger partial charge in [0, 0.05) is 12.6 Å². The van der Waals surface area contributed by atoms with Crippen LogP contribution in [0, 0.1) is 0 Å². The van der Waals surface area contributed by atoms with Gasteiger partial charge in [0.05, 0.1) is 0 Å². The normalized spacial score (nSPS) is 12.8. The second-order valence-corrected chi connectivity index (χ2v) is 5.72. The molecule has 0 radical (unpaired) electrons. The number of unbranched alkanes of at least 4 members (excludes halogenated alkanes) is 8. The van der Waals surface area contributed by atoms with E-state index >= 15 is 0 Å². The van der Waals surface area contributed by atoms with Crippen LogP contribution in [0.15, 0.2) is 0 Å². The van der Waals surface area contributed by atoms with Crippen LogP contribution >= 0.6 is 0 Å². The largest absolute Gasteiger partial charge is 0.330 e. The monoisotopic (exact) mass is 271 g/mol. The summed E-state index contributed by atoms with van der Waals surface area (Å²) in [5, 5.41) is 3.45. The fourth-order valence-corrected chi connectivity index (χ4v) is 2.33. The summed E-state index contributed by atoms with van der Waals surface area (Å²) in [6.07, 6.45) is 14.6. The molecule has 0 aliphatic heterocycles. The van der Waals surface area contributed by atoms with Gasteiger partial charge in [-0.3, -0.25) is 0 Å². The number of nitrogens with one attached hydrogen (secondary N) is 1. The lowest BCUT2D eigenvalue weighted by Crippen LogP contribution is -2.34. The third-order valence-electron chi connectivity index (χ3n) is 3.64. The Morgan fingerprint density at radius 1 is 0.842 bits per heavy atom. The van der Waals surface area contributed by atoms with E-state index in [1.807, 2.05) is 0 Å². The molecule has 1 unspecified atom stereocenters. The molecule has 0 spiro atoms. The molecule has 5 N–H and O–H groups in total. The zero-order valence-corrected chi connectivity index (χ0v) is 13.1. The molecule has 0 aromatic heterocycles. The van der Waals surface area contributed by atoms with E-state index in [1.165, 1.54) is 57.8 Å². The molecule has 0 fully saturated rings. The van der Waals surface area contributed by atoms with Crippen LogP contribution in [0.25, 0.3) is 0 Å². The molecule has 0 aromatic rings. The van der Waals surface area contributed by atoms with Gasteiger partial charge in [-0.25, -0.2) is 0 Å². The topological polar surface area (TPSA) is 64.1 Å². The Kier molecular flexibility index (Phi) is 15.8. The van der Waals surface area contributed by atoms with Crippen molar-refractivity contribution in [3.63, 3.8) is 0 Å². The maximum atomic E-state index is 5.96. The summed E-state index contributed by atoms with van der Waals surface area (Å²) in [5.41, 5.74) is 11.4. The van der Waals surface area contributed by atoms with Crippen LogP contribution in [0.4, 0.5) is 0 Å². The predicted molar refractivity (Wildman–Crippen MR) is 86.4 cm³/mol. The van der Waals surface area contributed by atoms with Crippen LogP contribution in [0.3, 0.4) is 0 Å². The quantitative estimate of drug-likeness (QED) is 0.401. The van der Waals surface area contributed by atoms with E-state index in [0.717, 1.165) is 32.5 Å². The highest BCUT2D eigenvalue weighted by Crippen LogP contribution is 2.09. The van der Waals surface area contributed by atoms with Crippen molar-refractivity contribution in [3.8, 4) is 0 Å². The molecule has 0 amide bonds. The highest BCUT2D eigenvalue weighted by Gasteiger charge is 2.00. The number of nitrogens with two attached hydrogens (primary N) is 2. The van der Waals surface area contributed by atoms with Crippen molar-refractivity contribution < 1.29 is 0 Å². The highest BCUT2D eigenvalue weighted by molar-refractivity contribution is 4.64. The minimum atomic E-state index is 0.280. The van der Waals surface area contributed by atoms with Crippen LogP contribution in [0.5, 0.6) is 0 Å². The maximum absolute atomic E-state index is 5.96. The van der Waals surface area contributed by atoms with Crippen molar-refractivity contribution in [1.82, 2.24) is 5.32 Å². The van der Waals surface area contributed by atoms with Gasteiger partial charge in [-0.2, -0.15) is 0 Å². The van der Waals surface area contributed by atoms with Crippen molar-refractivity contribution in [2.24, 2.45) is 11.5 Å². The molecular formula is C16H37N3. The van der Waals surface area contributed by atoms with Gasteiger partial charge in [0.25, 0.3) is 0 Å². The van der Waals surface area contributed by atoms with Gasteiger partial charge >= 0.3 is 0 Å². The van der Waals surface area contributed by atoms with Crippen LogP contribution in [-0.4, -0.2) is 25.7 Å². The van der Waals surface area contributed by atoms with Gasteiger partial charge < -0.3 is 16.8 Å². The predicted octanol–water partition coefficient (Wildman–Crippen LogP) is 3.17. The molecule has 19 heavy (non-hydrogen) atoms. The lowest BCUT2D eigenvalue weighted by atomic mass is 10.1. The first kappa shape index (κ1) is 18.9. The summed E-state index contributed by atoms with van der Waals surface area (Å²) in [7, 11) is 0. The molecule has 116 valence electrons. The molecule has 3 heteroatoms. The fourth-order valence-electron chi connectivity index (χ4n) is 2.33. The minimum absolute atomic E-state index is 0.280. The van der Waals surface area contributed by atoms with E-state index in [0.29, 0.717) is 0 Å². The van der Waals surface area contributed by atoms with Gasteiger partial charge in [0.2, 0.25) is 0 Å². The number of hydrogen-bond acceptors (Lipinski definition) is 3. The Hall–Kier alpha value is -0.120.